The van der Waals surface area contributed by atoms with Crippen LogP contribution >= 0.6 is 0 Å². The van der Waals surface area contributed by atoms with Gasteiger partial charge < -0.3 is 10.1 Å². The molecule has 0 saturated heterocycles. The highest BCUT2D eigenvalue weighted by Gasteiger charge is 2.83. The Bertz CT molecular complexity index is 613. The lowest BCUT2D eigenvalue weighted by Crippen LogP contribution is -2.64. The van der Waals surface area contributed by atoms with Gasteiger partial charge in [0.1, 0.15) is 5.75 Å². The molecule has 0 saturated carbocycles. The fraction of sp³-hybridized carbons (Fsp3) is 0.417. The SMILES string of the molecule is COc1cccc(NC(=O)C(F)(F)C(F)(F)C(F)(F)C(F)(F)F)c1. The van der Waals surface area contributed by atoms with E-state index in [-0.39, 0.29) is 5.75 Å². The molecule has 1 rings (SSSR count). The van der Waals surface area contributed by atoms with Crippen LogP contribution in [0.2, 0.25) is 0 Å². The molecule has 0 aliphatic rings. The molecule has 3 nitrogen and oxygen atoms in total. The molecule has 0 atom stereocenters. The number of rotatable bonds is 5. The minimum absolute atomic E-state index is 0.0245. The van der Waals surface area contributed by atoms with Crippen LogP contribution in [0.3, 0.4) is 0 Å². The average molecular weight is 369 g/mol. The molecular weight excluding hydrogens is 361 g/mol. The minimum Gasteiger partial charge on any atom is -0.497 e. The fourth-order valence-corrected chi connectivity index (χ4v) is 1.43. The number of hydrogen-bond donors (Lipinski definition) is 1. The third-order valence-electron chi connectivity index (χ3n) is 2.76. The molecule has 12 heteroatoms. The molecule has 1 aromatic rings. The summed E-state index contributed by atoms with van der Waals surface area (Å²) in [6.45, 7) is 0. The maximum atomic E-state index is 13.3. The molecule has 0 spiro atoms. The van der Waals surface area contributed by atoms with Crippen molar-refractivity contribution in [1.82, 2.24) is 0 Å². The van der Waals surface area contributed by atoms with Crippen LogP contribution in [0.4, 0.5) is 45.2 Å². The summed E-state index contributed by atoms with van der Waals surface area (Å²) in [4.78, 5) is 11.2. The van der Waals surface area contributed by atoms with Gasteiger partial charge in [0.2, 0.25) is 0 Å². The lowest BCUT2D eigenvalue weighted by Gasteiger charge is -2.32. The van der Waals surface area contributed by atoms with Crippen LogP contribution < -0.4 is 10.1 Å². The number of amides is 1. The van der Waals surface area contributed by atoms with E-state index in [0.29, 0.717) is 0 Å². The molecule has 0 heterocycles. The summed E-state index contributed by atoms with van der Waals surface area (Å²) < 4.78 is 119. The van der Waals surface area contributed by atoms with Gasteiger partial charge in [-0.25, -0.2) is 0 Å². The van der Waals surface area contributed by atoms with E-state index in [9.17, 15) is 44.3 Å². The Morgan fingerprint density at radius 1 is 0.958 bits per heavy atom. The normalized spacial score (nSPS) is 13.6. The van der Waals surface area contributed by atoms with Crippen molar-refractivity contribution in [3.05, 3.63) is 24.3 Å². The van der Waals surface area contributed by atoms with Gasteiger partial charge in [-0.2, -0.15) is 39.5 Å². The molecule has 0 aliphatic heterocycles. The predicted octanol–water partition coefficient (Wildman–Crippen LogP) is 4.10. The van der Waals surface area contributed by atoms with E-state index in [1.165, 1.54) is 6.07 Å². The van der Waals surface area contributed by atoms with Crippen molar-refractivity contribution in [2.24, 2.45) is 0 Å². The predicted molar refractivity (Wildman–Crippen MR) is 62.5 cm³/mol. The highest BCUT2D eigenvalue weighted by molar-refractivity contribution is 5.97. The van der Waals surface area contributed by atoms with Crippen molar-refractivity contribution >= 4 is 11.6 Å². The van der Waals surface area contributed by atoms with Crippen molar-refractivity contribution in [2.45, 2.75) is 23.9 Å². The van der Waals surface area contributed by atoms with Crippen molar-refractivity contribution < 1.29 is 49.0 Å². The van der Waals surface area contributed by atoms with Crippen LogP contribution in [0.5, 0.6) is 5.75 Å². The molecule has 136 valence electrons. The zero-order valence-corrected chi connectivity index (χ0v) is 11.5. The van der Waals surface area contributed by atoms with Gasteiger partial charge in [-0.1, -0.05) is 6.07 Å². The van der Waals surface area contributed by atoms with Crippen LogP contribution in [0.1, 0.15) is 0 Å². The second-order valence-corrected chi connectivity index (χ2v) is 4.41. The Morgan fingerprint density at radius 3 is 1.96 bits per heavy atom. The molecule has 1 N–H and O–H groups in total. The summed E-state index contributed by atoms with van der Waals surface area (Å²) in [5.74, 6) is -23.6. The number of halogens is 9. The first-order valence-corrected chi connectivity index (χ1v) is 5.84. The van der Waals surface area contributed by atoms with Gasteiger partial charge in [0.15, 0.2) is 0 Å². The quantitative estimate of drug-likeness (QED) is 0.794. The van der Waals surface area contributed by atoms with Crippen LogP contribution in [0.15, 0.2) is 24.3 Å². The van der Waals surface area contributed by atoms with E-state index in [1.54, 1.807) is 0 Å². The monoisotopic (exact) mass is 369 g/mol. The summed E-state index contributed by atoms with van der Waals surface area (Å²) >= 11 is 0. The molecule has 0 radical (unpaired) electrons. The molecule has 0 aromatic heterocycles. The van der Waals surface area contributed by atoms with Gasteiger partial charge in [0.25, 0.3) is 0 Å². The summed E-state index contributed by atoms with van der Waals surface area (Å²) in [6.07, 6.45) is -6.99. The number of ether oxygens (including phenoxy) is 1. The van der Waals surface area contributed by atoms with Crippen molar-refractivity contribution in [3.8, 4) is 5.75 Å². The maximum Gasteiger partial charge on any atom is 0.460 e. The Kier molecular flexibility index (Phi) is 5.02. The summed E-state index contributed by atoms with van der Waals surface area (Å²) in [6, 6.07) is 4.14. The van der Waals surface area contributed by atoms with Crippen LogP contribution in [0, 0.1) is 0 Å². The van der Waals surface area contributed by atoms with Crippen molar-refractivity contribution in [2.75, 3.05) is 12.4 Å². The molecule has 0 fully saturated rings. The zero-order chi connectivity index (χ0) is 19.0. The molecule has 24 heavy (non-hydrogen) atoms. The lowest BCUT2D eigenvalue weighted by molar-refractivity contribution is -0.388. The number of carbonyl (C=O) groups excluding carboxylic acids is 1. The number of carbonyl (C=O) groups is 1. The highest BCUT2D eigenvalue weighted by Crippen LogP contribution is 2.53. The Balaban J connectivity index is 3.15. The first kappa shape index (κ1) is 19.9. The number of alkyl halides is 9. The maximum absolute atomic E-state index is 13.3. The third-order valence-corrected chi connectivity index (χ3v) is 2.76. The van der Waals surface area contributed by atoms with E-state index in [4.69, 9.17) is 0 Å². The van der Waals surface area contributed by atoms with Crippen molar-refractivity contribution in [1.29, 1.82) is 0 Å². The minimum atomic E-state index is -7.13. The van der Waals surface area contributed by atoms with Crippen LogP contribution in [-0.4, -0.2) is 37.0 Å². The first-order valence-electron chi connectivity index (χ1n) is 5.84. The van der Waals surface area contributed by atoms with Crippen LogP contribution in [0.25, 0.3) is 0 Å². The summed E-state index contributed by atoms with van der Waals surface area (Å²) in [5, 5.41) is 1.14. The lowest BCUT2D eigenvalue weighted by atomic mass is 10.0. The molecule has 1 amide bonds. The third kappa shape index (κ3) is 3.22. The van der Waals surface area contributed by atoms with Crippen molar-refractivity contribution in [3.63, 3.8) is 0 Å². The zero-order valence-electron chi connectivity index (χ0n) is 11.5. The largest absolute Gasteiger partial charge is 0.497 e. The molecular formula is C12H8F9NO2. The Labute approximate surface area is 128 Å². The van der Waals surface area contributed by atoms with Crippen LogP contribution in [-0.2, 0) is 4.79 Å². The Morgan fingerprint density at radius 2 is 1.50 bits per heavy atom. The van der Waals surface area contributed by atoms with Gasteiger partial charge in [0.05, 0.1) is 7.11 Å². The standard InChI is InChI=1S/C12H8F9NO2/c1-24-7-4-2-3-6(5-7)22-8(23)9(13,14)10(15,16)11(17,18)12(19,20)21/h2-5H,1H3,(H,22,23). The average Bonchev–Trinajstić information content (AvgIpc) is 2.45. The number of anilines is 1. The van der Waals surface area contributed by atoms with Gasteiger partial charge in [0, 0.05) is 11.8 Å². The summed E-state index contributed by atoms with van der Waals surface area (Å²) in [7, 11) is 1.13. The first-order chi connectivity index (χ1) is 10.7. The van der Waals surface area contributed by atoms with E-state index in [0.717, 1.165) is 30.6 Å². The fourth-order valence-electron chi connectivity index (χ4n) is 1.43. The number of benzene rings is 1. The second-order valence-electron chi connectivity index (χ2n) is 4.41. The molecule has 0 bridgehead atoms. The second kappa shape index (κ2) is 6.06. The Hall–Kier alpha value is -2.14. The molecule has 0 aliphatic carbocycles. The molecule has 1 aromatic carbocycles. The van der Waals surface area contributed by atoms with E-state index >= 15 is 0 Å². The van der Waals surface area contributed by atoms with Gasteiger partial charge in [-0.3, -0.25) is 4.79 Å². The topological polar surface area (TPSA) is 38.3 Å². The van der Waals surface area contributed by atoms with Gasteiger partial charge in [-0.05, 0) is 12.1 Å². The number of methoxy groups -OCH3 is 1. The summed E-state index contributed by atoms with van der Waals surface area (Å²) in [5.41, 5.74) is -0.579. The smallest absolute Gasteiger partial charge is 0.460 e. The van der Waals surface area contributed by atoms with E-state index in [2.05, 4.69) is 4.74 Å². The van der Waals surface area contributed by atoms with Gasteiger partial charge >= 0.3 is 29.9 Å². The van der Waals surface area contributed by atoms with E-state index in [1.807, 2.05) is 0 Å². The number of hydrogen-bond acceptors (Lipinski definition) is 2. The van der Waals surface area contributed by atoms with Gasteiger partial charge in [-0.15, -0.1) is 0 Å². The number of nitrogens with one attached hydrogen (secondary N) is 1. The highest BCUT2D eigenvalue weighted by atomic mass is 19.4. The van der Waals surface area contributed by atoms with E-state index < -0.39 is 35.5 Å². The molecule has 0 unspecified atom stereocenters.